The van der Waals surface area contributed by atoms with Crippen LogP contribution in [-0.4, -0.2) is 9.97 Å². The molecule has 0 atom stereocenters. The first kappa shape index (κ1) is 25.6. The molecule has 9 rings (SSSR count). The molecule has 2 nitrogen and oxygen atoms in total. The molecule has 2 aliphatic carbocycles. The van der Waals surface area contributed by atoms with E-state index in [1.165, 1.54) is 44.5 Å². The quantitative estimate of drug-likeness (QED) is 0.210. The van der Waals surface area contributed by atoms with Crippen LogP contribution < -0.4 is 0 Å². The van der Waals surface area contributed by atoms with Crippen molar-refractivity contribution >= 4 is 12.2 Å². The van der Waals surface area contributed by atoms with E-state index in [1.54, 1.807) is 0 Å². The second-order valence-electron chi connectivity index (χ2n) is 11.8. The Hall–Kier alpha value is -5.86. The van der Waals surface area contributed by atoms with E-state index in [-0.39, 0.29) is 0 Å². The second kappa shape index (κ2) is 10.1. The number of rotatable bonds is 3. The Morgan fingerprint density at radius 1 is 0.356 bits per heavy atom. The second-order valence-corrected chi connectivity index (χ2v) is 11.8. The minimum absolute atomic E-state index is 0.488. The van der Waals surface area contributed by atoms with E-state index in [2.05, 4.69) is 158 Å². The smallest absolute Gasteiger partial charge is 0.160 e. The molecule has 0 radical (unpaired) electrons. The van der Waals surface area contributed by atoms with Crippen LogP contribution in [0.4, 0.5) is 0 Å². The minimum Gasteiger partial charge on any atom is -0.228 e. The Balaban J connectivity index is 1.34. The zero-order chi connectivity index (χ0) is 29.8. The van der Waals surface area contributed by atoms with Gasteiger partial charge in [0.2, 0.25) is 0 Å². The summed E-state index contributed by atoms with van der Waals surface area (Å²) in [6, 6.07) is 56.3. The molecule has 0 amide bonds. The number of nitrogens with zero attached hydrogens (tertiary/aromatic N) is 2. The van der Waals surface area contributed by atoms with Crippen molar-refractivity contribution in [2.75, 3.05) is 0 Å². The molecule has 1 heterocycles. The van der Waals surface area contributed by atoms with Crippen molar-refractivity contribution in [3.05, 3.63) is 191 Å². The summed E-state index contributed by atoms with van der Waals surface area (Å²) in [4.78, 5) is 10.4. The molecule has 0 aliphatic heterocycles. The zero-order valence-corrected chi connectivity index (χ0v) is 24.6. The largest absolute Gasteiger partial charge is 0.228 e. The summed E-state index contributed by atoms with van der Waals surface area (Å²) in [6.07, 6.45) is 4.54. The molecule has 0 bridgehead atoms. The highest BCUT2D eigenvalue weighted by Crippen LogP contribution is 2.58. The molecule has 0 fully saturated rings. The summed E-state index contributed by atoms with van der Waals surface area (Å²) < 4.78 is 0. The lowest BCUT2D eigenvalue weighted by molar-refractivity contribution is 0.766. The molecule has 7 aromatic rings. The standard InChI is InChI=1S/C43H28N2/c1-3-15-31(16-4-1)40-28-41(32-17-5-2-6-18-32)45-42(44-40)33-25-26-35-34-19-9-12-22-38(34)43(39(35)27-33)36-20-10-7-13-29(36)23-24-30-14-8-11-21-37(30)43/h1-28H. The Morgan fingerprint density at radius 3 is 1.44 bits per heavy atom. The first-order chi connectivity index (χ1) is 22.3. The molecule has 0 saturated heterocycles. The van der Waals surface area contributed by atoms with Crippen LogP contribution in [0.25, 0.3) is 57.2 Å². The monoisotopic (exact) mass is 572 g/mol. The van der Waals surface area contributed by atoms with Gasteiger partial charge in [-0.3, -0.25) is 0 Å². The summed E-state index contributed by atoms with van der Waals surface area (Å²) in [5, 5.41) is 0. The Labute approximate surface area is 263 Å². The molecular weight excluding hydrogens is 544 g/mol. The van der Waals surface area contributed by atoms with Crippen LogP contribution in [-0.2, 0) is 5.41 Å². The lowest BCUT2D eigenvalue weighted by atomic mass is 9.66. The van der Waals surface area contributed by atoms with E-state index >= 15 is 0 Å². The van der Waals surface area contributed by atoms with Crippen molar-refractivity contribution in [2.24, 2.45) is 0 Å². The van der Waals surface area contributed by atoms with E-state index in [9.17, 15) is 0 Å². The Kier molecular flexibility index (Phi) is 5.76. The Bertz CT molecular complexity index is 2160. The van der Waals surface area contributed by atoms with Crippen molar-refractivity contribution in [1.82, 2.24) is 9.97 Å². The average Bonchev–Trinajstić information content (AvgIpc) is 3.32. The summed E-state index contributed by atoms with van der Waals surface area (Å²) in [5.74, 6) is 0.720. The molecular formula is C43H28N2. The third-order valence-electron chi connectivity index (χ3n) is 9.34. The summed E-state index contributed by atoms with van der Waals surface area (Å²) in [7, 11) is 0. The predicted molar refractivity (Wildman–Crippen MR) is 185 cm³/mol. The van der Waals surface area contributed by atoms with Gasteiger partial charge in [-0.15, -0.1) is 0 Å². The molecule has 0 saturated carbocycles. The molecule has 6 aromatic carbocycles. The Morgan fingerprint density at radius 2 is 0.844 bits per heavy atom. The van der Waals surface area contributed by atoms with E-state index < -0.39 is 5.41 Å². The molecule has 1 aromatic heterocycles. The predicted octanol–water partition coefficient (Wildman–Crippen LogP) is 10.3. The third kappa shape index (κ3) is 3.89. The molecule has 210 valence electrons. The van der Waals surface area contributed by atoms with E-state index in [1.807, 2.05) is 12.1 Å². The maximum atomic E-state index is 5.19. The van der Waals surface area contributed by atoms with Gasteiger partial charge in [0, 0.05) is 16.7 Å². The van der Waals surface area contributed by atoms with Gasteiger partial charge in [-0.25, -0.2) is 9.97 Å². The third-order valence-corrected chi connectivity index (χ3v) is 9.34. The van der Waals surface area contributed by atoms with Crippen LogP contribution in [0.15, 0.2) is 158 Å². The molecule has 0 unspecified atom stereocenters. The topological polar surface area (TPSA) is 25.8 Å². The highest BCUT2D eigenvalue weighted by Gasteiger charge is 2.48. The molecule has 2 aliphatic rings. The minimum atomic E-state index is -0.488. The first-order valence-electron chi connectivity index (χ1n) is 15.4. The fourth-order valence-corrected chi connectivity index (χ4v) is 7.38. The first-order valence-corrected chi connectivity index (χ1v) is 15.4. The summed E-state index contributed by atoms with van der Waals surface area (Å²) >= 11 is 0. The van der Waals surface area contributed by atoms with Gasteiger partial charge < -0.3 is 0 Å². The molecule has 2 heteroatoms. The maximum absolute atomic E-state index is 5.19. The normalized spacial score (nSPS) is 13.4. The van der Waals surface area contributed by atoms with E-state index in [0.717, 1.165) is 33.9 Å². The van der Waals surface area contributed by atoms with Crippen molar-refractivity contribution in [2.45, 2.75) is 5.41 Å². The van der Waals surface area contributed by atoms with Crippen molar-refractivity contribution in [3.63, 3.8) is 0 Å². The van der Waals surface area contributed by atoms with Gasteiger partial charge in [0.05, 0.1) is 16.8 Å². The van der Waals surface area contributed by atoms with Gasteiger partial charge in [0.15, 0.2) is 5.82 Å². The van der Waals surface area contributed by atoms with Crippen LogP contribution >= 0.6 is 0 Å². The van der Waals surface area contributed by atoms with Gasteiger partial charge in [-0.05, 0) is 56.6 Å². The summed E-state index contributed by atoms with van der Waals surface area (Å²) in [5.41, 5.74) is 14.6. The fourth-order valence-electron chi connectivity index (χ4n) is 7.38. The van der Waals surface area contributed by atoms with Crippen LogP contribution in [0.2, 0.25) is 0 Å². The van der Waals surface area contributed by atoms with E-state index in [4.69, 9.17) is 9.97 Å². The fraction of sp³-hybridized carbons (Fsp3) is 0.0233. The van der Waals surface area contributed by atoms with Crippen molar-refractivity contribution in [1.29, 1.82) is 0 Å². The zero-order valence-electron chi connectivity index (χ0n) is 24.6. The number of hydrogen-bond acceptors (Lipinski definition) is 2. The van der Waals surface area contributed by atoms with Crippen LogP contribution in [0, 0.1) is 0 Å². The van der Waals surface area contributed by atoms with Gasteiger partial charge >= 0.3 is 0 Å². The van der Waals surface area contributed by atoms with Crippen molar-refractivity contribution in [3.8, 4) is 45.0 Å². The summed E-state index contributed by atoms with van der Waals surface area (Å²) in [6.45, 7) is 0. The number of benzene rings is 6. The van der Waals surface area contributed by atoms with Crippen LogP contribution in [0.5, 0.6) is 0 Å². The number of aromatic nitrogens is 2. The van der Waals surface area contributed by atoms with Gasteiger partial charge in [-0.1, -0.05) is 158 Å². The highest BCUT2D eigenvalue weighted by atomic mass is 14.9. The highest BCUT2D eigenvalue weighted by molar-refractivity contribution is 5.92. The van der Waals surface area contributed by atoms with Gasteiger partial charge in [0.1, 0.15) is 0 Å². The van der Waals surface area contributed by atoms with Gasteiger partial charge in [-0.2, -0.15) is 0 Å². The molecule has 0 N–H and O–H groups in total. The maximum Gasteiger partial charge on any atom is 0.160 e. The van der Waals surface area contributed by atoms with Crippen LogP contribution in [0.3, 0.4) is 0 Å². The van der Waals surface area contributed by atoms with Gasteiger partial charge in [0.25, 0.3) is 0 Å². The average molecular weight is 573 g/mol. The lowest BCUT2D eigenvalue weighted by Gasteiger charge is -2.35. The van der Waals surface area contributed by atoms with E-state index in [0.29, 0.717) is 0 Å². The number of hydrogen-bond donors (Lipinski definition) is 0. The molecule has 1 spiro atoms. The van der Waals surface area contributed by atoms with Crippen molar-refractivity contribution < 1.29 is 0 Å². The molecule has 45 heavy (non-hydrogen) atoms. The lowest BCUT2D eigenvalue weighted by Crippen LogP contribution is -2.30. The SMILES string of the molecule is C1=Cc2ccccc2C2(c3ccccc31)c1ccccc1-c1ccc(-c3nc(-c4ccccc4)cc(-c4ccccc4)n3)cc12. The number of fused-ring (bicyclic) bond motifs is 9. The van der Waals surface area contributed by atoms with Crippen LogP contribution in [0.1, 0.15) is 33.4 Å².